The summed E-state index contributed by atoms with van der Waals surface area (Å²) in [6, 6.07) is 12.4. The molecule has 128 valence electrons. The Labute approximate surface area is 147 Å². The first-order valence-corrected chi connectivity index (χ1v) is 8.77. The first kappa shape index (κ1) is 15.7. The van der Waals surface area contributed by atoms with E-state index in [4.69, 9.17) is 0 Å². The fourth-order valence-corrected chi connectivity index (χ4v) is 3.63. The van der Waals surface area contributed by atoms with E-state index in [2.05, 4.69) is 19.4 Å². The summed E-state index contributed by atoms with van der Waals surface area (Å²) in [6.07, 6.45) is 12.9. The predicted octanol–water partition coefficient (Wildman–Crippen LogP) is 3.26. The number of nitrogens with one attached hydrogen (secondary N) is 1. The van der Waals surface area contributed by atoms with E-state index in [1.807, 2.05) is 61.3 Å². The van der Waals surface area contributed by atoms with Crippen molar-refractivity contribution >= 4 is 5.91 Å². The van der Waals surface area contributed by atoms with Gasteiger partial charge in [-0.1, -0.05) is 12.1 Å². The van der Waals surface area contributed by atoms with Gasteiger partial charge in [-0.15, -0.1) is 0 Å². The lowest BCUT2D eigenvalue weighted by Gasteiger charge is -2.22. The van der Waals surface area contributed by atoms with E-state index in [0.717, 1.165) is 25.8 Å². The SMILES string of the molecule is O=C(N[C@@H]1CCC[C@@H]1n1ccnc1)c1ccc(Cn2cccc2)cc1. The quantitative estimate of drug-likeness (QED) is 0.779. The van der Waals surface area contributed by atoms with Gasteiger partial charge < -0.3 is 14.5 Å². The summed E-state index contributed by atoms with van der Waals surface area (Å²) in [5.74, 6) is 0.00419. The molecule has 2 aromatic heterocycles. The third-order valence-corrected chi connectivity index (χ3v) is 4.95. The van der Waals surface area contributed by atoms with Crippen LogP contribution in [0.2, 0.25) is 0 Å². The average Bonchev–Trinajstić information content (AvgIpc) is 3.38. The molecule has 4 rings (SSSR count). The zero-order valence-corrected chi connectivity index (χ0v) is 14.1. The first-order chi connectivity index (χ1) is 12.3. The zero-order chi connectivity index (χ0) is 17.1. The highest BCUT2D eigenvalue weighted by molar-refractivity contribution is 5.94. The Balaban J connectivity index is 1.40. The van der Waals surface area contributed by atoms with Gasteiger partial charge >= 0.3 is 0 Å². The Morgan fingerprint density at radius 1 is 1.12 bits per heavy atom. The minimum Gasteiger partial charge on any atom is -0.350 e. The van der Waals surface area contributed by atoms with Crippen LogP contribution >= 0.6 is 0 Å². The molecule has 0 spiro atoms. The molecule has 1 aliphatic carbocycles. The van der Waals surface area contributed by atoms with Gasteiger partial charge in [0.25, 0.3) is 5.91 Å². The molecule has 0 saturated heterocycles. The van der Waals surface area contributed by atoms with E-state index in [0.29, 0.717) is 11.6 Å². The number of hydrogen-bond donors (Lipinski definition) is 1. The van der Waals surface area contributed by atoms with Crippen molar-refractivity contribution in [2.24, 2.45) is 0 Å². The minimum absolute atomic E-state index is 0.00419. The number of benzene rings is 1. The van der Waals surface area contributed by atoms with Crippen molar-refractivity contribution in [2.75, 3.05) is 0 Å². The van der Waals surface area contributed by atoms with Gasteiger partial charge in [0, 0.05) is 42.9 Å². The summed E-state index contributed by atoms with van der Waals surface area (Å²) in [5.41, 5.74) is 1.90. The van der Waals surface area contributed by atoms with Gasteiger partial charge in [0.15, 0.2) is 0 Å². The van der Waals surface area contributed by atoms with E-state index in [-0.39, 0.29) is 11.9 Å². The topological polar surface area (TPSA) is 51.9 Å². The van der Waals surface area contributed by atoms with Gasteiger partial charge in [0.1, 0.15) is 0 Å². The summed E-state index contributed by atoms with van der Waals surface area (Å²) in [7, 11) is 0. The van der Waals surface area contributed by atoms with Crippen molar-refractivity contribution in [1.82, 2.24) is 19.4 Å². The molecule has 3 aromatic rings. The van der Waals surface area contributed by atoms with E-state index in [1.165, 1.54) is 5.56 Å². The number of nitrogens with zero attached hydrogens (tertiary/aromatic N) is 3. The third kappa shape index (κ3) is 3.50. The highest BCUT2D eigenvalue weighted by Gasteiger charge is 2.29. The Kier molecular flexibility index (Phi) is 4.37. The average molecular weight is 334 g/mol. The van der Waals surface area contributed by atoms with Crippen LogP contribution in [-0.4, -0.2) is 26.1 Å². The molecule has 0 bridgehead atoms. The molecule has 1 aromatic carbocycles. The van der Waals surface area contributed by atoms with Crippen molar-refractivity contribution in [3.8, 4) is 0 Å². The minimum atomic E-state index is 0.00419. The van der Waals surface area contributed by atoms with Crippen LogP contribution in [0.25, 0.3) is 0 Å². The van der Waals surface area contributed by atoms with Crippen LogP contribution in [0.15, 0.2) is 67.5 Å². The first-order valence-electron chi connectivity index (χ1n) is 8.77. The number of amides is 1. The summed E-state index contributed by atoms with van der Waals surface area (Å²) in [4.78, 5) is 16.7. The van der Waals surface area contributed by atoms with Gasteiger partial charge in [0.05, 0.1) is 12.4 Å². The van der Waals surface area contributed by atoms with Gasteiger partial charge in [0.2, 0.25) is 0 Å². The van der Waals surface area contributed by atoms with Crippen LogP contribution in [0.3, 0.4) is 0 Å². The lowest BCUT2D eigenvalue weighted by Crippen LogP contribution is -2.38. The molecule has 1 amide bonds. The molecular weight excluding hydrogens is 312 g/mol. The van der Waals surface area contributed by atoms with E-state index in [9.17, 15) is 4.79 Å². The molecule has 1 saturated carbocycles. The highest BCUT2D eigenvalue weighted by Crippen LogP contribution is 2.30. The maximum Gasteiger partial charge on any atom is 0.251 e. The van der Waals surface area contributed by atoms with Gasteiger partial charge in [-0.25, -0.2) is 4.98 Å². The second-order valence-electron chi connectivity index (χ2n) is 6.64. The zero-order valence-electron chi connectivity index (χ0n) is 14.1. The molecule has 0 aliphatic heterocycles. The molecule has 1 N–H and O–H groups in total. The number of aromatic nitrogens is 3. The number of carbonyl (C=O) groups is 1. The fraction of sp³-hybridized carbons (Fsp3) is 0.300. The standard InChI is InChI=1S/C20H22N4O/c25-20(22-18-4-3-5-19(18)24-13-10-21-15-24)17-8-6-16(7-9-17)14-23-11-1-2-12-23/h1-2,6-13,15,18-19H,3-5,14H2,(H,22,25)/t18-,19+/m1/s1. The largest absolute Gasteiger partial charge is 0.350 e. The predicted molar refractivity (Wildman–Crippen MR) is 96.3 cm³/mol. The van der Waals surface area contributed by atoms with E-state index < -0.39 is 0 Å². The summed E-state index contributed by atoms with van der Waals surface area (Å²) in [6.45, 7) is 0.820. The molecule has 2 heterocycles. The molecule has 1 fully saturated rings. The number of hydrogen-bond acceptors (Lipinski definition) is 2. The molecular formula is C20H22N4O. The second kappa shape index (κ2) is 6.97. The van der Waals surface area contributed by atoms with Crippen LogP contribution in [0, 0.1) is 0 Å². The number of carbonyl (C=O) groups excluding carboxylic acids is 1. The van der Waals surface area contributed by atoms with Crippen LogP contribution in [0.1, 0.15) is 41.2 Å². The number of rotatable bonds is 5. The number of imidazole rings is 1. The van der Waals surface area contributed by atoms with E-state index in [1.54, 1.807) is 6.20 Å². The summed E-state index contributed by atoms with van der Waals surface area (Å²) >= 11 is 0. The second-order valence-corrected chi connectivity index (χ2v) is 6.64. The Morgan fingerprint density at radius 3 is 2.64 bits per heavy atom. The Bertz CT molecular complexity index is 806. The van der Waals surface area contributed by atoms with Crippen molar-refractivity contribution in [3.63, 3.8) is 0 Å². The smallest absolute Gasteiger partial charge is 0.251 e. The third-order valence-electron chi connectivity index (χ3n) is 4.95. The lowest BCUT2D eigenvalue weighted by atomic mass is 10.1. The molecule has 5 heteroatoms. The van der Waals surface area contributed by atoms with Crippen molar-refractivity contribution in [1.29, 1.82) is 0 Å². The van der Waals surface area contributed by atoms with Crippen molar-refractivity contribution in [2.45, 2.75) is 37.9 Å². The fourth-order valence-electron chi connectivity index (χ4n) is 3.63. The molecule has 2 atom stereocenters. The highest BCUT2D eigenvalue weighted by atomic mass is 16.1. The van der Waals surface area contributed by atoms with Gasteiger partial charge in [-0.05, 0) is 49.1 Å². The van der Waals surface area contributed by atoms with Gasteiger partial charge in [-0.3, -0.25) is 4.79 Å². The summed E-state index contributed by atoms with van der Waals surface area (Å²) in [5, 5.41) is 3.21. The van der Waals surface area contributed by atoms with Crippen molar-refractivity contribution < 1.29 is 4.79 Å². The van der Waals surface area contributed by atoms with Crippen LogP contribution in [-0.2, 0) is 6.54 Å². The van der Waals surface area contributed by atoms with Crippen LogP contribution < -0.4 is 5.32 Å². The van der Waals surface area contributed by atoms with E-state index >= 15 is 0 Å². The van der Waals surface area contributed by atoms with Crippen molar-refractivity contribution in [3.05, 3.63) is 78.6 Å². The molecule has 0 radical (unpaired) electrons. The molecule has 25 heavy (non-hydrogen) atoms. The van der Waals surface area contributed by atoms with Gasteiger partial charge in [-0.2, -0.15) is 0 Å². The van der Waals surface area contributed by atoms with Crippen LogP contribution in [0.4, 0.5) is 0 Å². The maximum absolute atomic E-state index is 12.6. The Morgan fingerprint density at radius 2 is 1.92 bits per heavy atom. The maximum atomic E-state index is 12.6. The molecule has 5 nitrogen and oxygen atoms in total. The Hall–Kier alpha value is -2.82. The molecule has 1 aliphatic rings. The summed E-state index contributed by atoms with van der Waals surface area (Å²) < 4.78 is 4.22. The normalized spacial score (nSPS) is 19.8. The van der Waals surface area contributed by atoms with Crippen LogP contribution in [0.5, 0.6) is 0 Å². The monoisotopic (exact) mass is 334 g/mol. The lowest BCUT2D eigenvalue weighted by molar-refractivity contribution is 0.0929. The molecule has 0 unspecified atom stereocenters.